The minimum absolute atomic E-state index is 0.0498. The number of carbonyl (C=O) groups excluding carboxylic acids is 2. The molecule has 2 spiro atoms. The van der Waals surface area contributed by atoms with E-state index in [0.29, 0.717) is 19.4 Å². The Morgan fingerprint density at radius 2 is 2.21 bits per heavy atom. The van der Waals surface area contributed by atoms with Crippen LogP contribution in [0.5, 0.6) is 0 Å². The standard InChI is InChI=1S/C22H28O7/c1-13-8-18(24)22(12-27-14(2)23)17(4-3-6-20(22)11-28-20)21(13)9-16(29-19(21)25)15-5-7-26-10-15/h5,7,10,13,16-18,24H,3-4,6,8-9,11-12H2,1-2H3/t13-,16+,17-,18-,20+,21-,22+/m1/s1. The monoisotopic (exact) mass is 404 g/mol. The van der Waals surface area contributed by atoms with Gasteiger partial charge in [-0.15, -0.1) is 0 Å². The van der Waals surface area contributed by atoms with Gasteiger partial charge < -0.3 is 23.7 Å². The molecule has 1 aromatic heterocycles. The Kier molecular flexibility index (Phi) is 4.17. The van der Waals surface area contributed by atoms with Gasteiger partial charge in [0.05, 0.1) is 36.1 Å². The van der Waals surface area contributed by atoms with Crippen LogP contribution in [0, 0.1) is 22.7 Å². The van der Waals surface area contributed by atoms with Crippen molar-refractivity contribution in [3.8, 4) is 0 Å². The van der Waals surface area contributed by atoms with Crippen molar-refractivity contribution in [2.45, 2.75) is 63.8 Å². The van der Waals surface area contributed by atoms with Crippen LogP contribution in [0.1, 0.15) is 57.6 Å². The first-order valence-electron chi connectivity index (χ1n) is 10.5. The highest BCUT2D eigenvalue weighted by Gasteiger charge is 2.77. The first-order valence-corrected chi connectivity index (χ1v) is 10.5. The van der Waals surface area contributed by atoms with E-state index in [2.05, 4.69) is 0 Å². The molecule has 4 aliphatic rings. The van der Waals surface area contributed by atoms with E-state index in [1.807, 2.05) is 13.0 Å². The lowest BCUT2D eigenvalue weighted by Gasteiger charge is -2.60. The van der Waals surface area contributed by atoms with Crippen LogP contribution >= 0.6 is 0 Å². The topological polar surface area (TPSA) is 98.5 Å². The van der Waals surface area contributed by atoms with Crippen LogP contribution in [0.3, 0.4) is 0 Å². The van der Waals surface area contributed by atoms with Crippen LogP contribution in [-0.2, 0) is 23.8 Å². The highest BCUT2D eigenvalue weighted by atomic mass is 16.6. The van der Waals surface area contributed by atoms with Gasteiger partial charge in [-0.1, -0.05) is 13.3 Å². The number of hydrogen-bond acceptors (Lipinski definition) is 7. The summed E-state index contributed by atoms with van der Waals surface area (Å²) in [6, 6.07) is 1.83. The third-order valence-corrected chi connectivity index (χ3v) is 8.29. The molecule has 4 fully saturated rings. The molecule has 3 heterocycles. The summed E-state index contributed by atoms with van der Waals surface area (Å²) in [5, 5.41) is 11.4. The van der Waals surface area contributed by atoms with Crippen molar-refractivity contribution < 1.29 is 33.3 Å². The number of furan rings is 1. The molecule has 5 rings (SSSR count). The molecule has 2 saturated carbocycles. The number of ether oxygens (including phenoxy) is 3. The van der Waals surface area contributed by atoms with Gasteiger partial charge in [0.1, 0.15) is 18.3 Å². The van der Waals surface area contributed by atoms with Gasteiger partial charge in [0.2, 0.25) is 0 Å². The number of fused-ring (bicyclic) bond motifs is 3. The summed E-state index contributed by atoms with van der Waals surface area (Å²) in [4.78, 5) is 25.2. The summed E-state index contributed by atoms with van der Waals surface area (Å²) in [6.45, 7) is 4.02. The Labute approximate surface area is 169 Å². The summed E-state index contributed by atoms with van der Waals surface area (Å²) in [7, 11) is 0. The molecule has 7 nitrogen and oxygen atoms in total. The molecule has 2 aliphatic carbocycles. The van der Waals surface area contributed by atoms with E-state index in [4.69, 9.17) is 18.6 Å². The van der Waals surface area contributed by atoms with Gasteiger partial charge in [-0.2, -0.15) is 0 Å². The van der Waals surface area contributed by atoms with Crippen molar-refractivity contribution >= 4 is 11.9 Å². The Morgan fingerprint density at radius 1 is 1.41 bits per heavy atom. The summed E-state index contributed by atoms with van der Waals surface area (Å²) in [6.07, 6.45) is 5.65. The lowest BCUT2D eigenvalue weighted by molar-refractivity contribution is -0.219. The molecule has 0 radical (unpaired) electrons. The van der Waals surface area contributed by atoms with Crippen LogP contribution in [-0.4, -0.2) is 42.0 Å². The maximum absolute atomic E-state index is 13.5. The third kappa shape index (κ3) is 2.43. The van der Waals surface area contributed by atoms with E-state index >= 15 is 0 Å². The maximum atomic E-state index is 13.5. The molecule has 29 heavy (non-hydrogen) atoms. The molecule has 0 bridgehead atoms. The summed E-state index contributed by atoms with van der Waals surface area (Å²) < 4.78 is 22.6. The summed E-state index contributed by atoms with van der Waals surface area (Å²) in [5.41, 5.74) is -1.19. The Hall–Kier alpha value is -1.86. The zero-order valence-corrected chi connectivity index (χ0v) is 16.9. The zero-order chi connectivity index (χ0) is 20.4. The fourth-order valence-electron chi connectivity index (χ4n) is 6.80. The number of hydrogen-bond donors (Lipinski definition) is 1. The van der Waals surface area contributed by atoms with Crippen molar-refractivity contribution in [3.05, 3.63) is 24.2 Å². The molecule has 158 valence electrons. The molecule has 7 atom stereocenters. The van der Waals surface area contributed by atoms with Crippen LogP contribution in [0.4, 0.5) is 0 Å². The van der Waals surface area contributed by atoms with E-state index in [0.717, 1.165) is 24.8 Å². The Balaban J connectivity index is 1.59. The van der Waals surface area contributed by atoms with E-state index in [-0.39, 0.29) is 36.5 Å². The van der Waals surface area contributed by atoms with Crippen molar-refractivity contribution in [3.63, 3.8) is 0 Å². The van der Waals surface area contributed by atoms with E-state index in [1.165, 1.54) is 6.92 Å². The predicted molar refractivity (Wildman–Crippen MR) is 99.5 cm³/mol. The maximum Gasteiger partial charge on any atom is 0.313 e. The van der Waals surface area contributed by atoms with Crippen molar-refractivity contribution in [1.29, 1.82) is 0 Å². The van der Waals surface area contributed by atoms with Crippen molar-refractivity contribution in [2.24, 2.45) is 22.7 Å². The number of carbonyl (C=O) groups is 2. The normalized spacial score (nSPS) is 45.8. The number of aliphatic hydroxyl groups is 1. The molecule has 2 aliphatic heterocycles. The van der Waals surface area contributed by atoms with E-state index in [9.17, 15) is 14.7 Å². The van der Waals surface area contributed by atoms with Gasteiger partial charge in [0, 0.05) is 18.9 Å². The van der Waals surface area contributed by atoms with Crippen molar-refractivity contribution in [2.75, 3.05) is 13.2 Å². The molecule has 0 aromatic carbocycles. The Morgan fingerprint density at radius 3 is 2.86 bits per heavy atom. The smallest absolute Gasteiger partial charge is 0.313 e. The van der Waals surface area contributed by atoms with Gasteiger partial charge in [-0.05, 0) is 37.2 Å². The fourth-order valence-corrected chi connectivity index (χ4v) is 6.80. The molecule has 0 unspecified atom stereocenters. The predicted octanol–water partition coefficient (Wildman–Crippen LogP) is 2.77. The first-order chi connectivity index (χ1) is 13.9. The largest absolute Gasteiger partial charge is 0.472 e. The van der Waals surface area contributed by atoms with E-state index < -0.39 is 22.5 Å². The second-order valence-corrected chi connectivity index (χ2v) is 9.40. The summed E-state index contributed by atoms with van der Waals surface area (Å²) >= 11 is 0. The quantitative estimate of drug-likeness (QED) is 0.611. The molecule has 7 heteroatoms. The summed E-state index contributed by atoms with van der Waals surface area (Å²) in [5.74, 6) is -0.817. The van der Waals surface area contributed by atoms with Gasteiger partial charge in [-0.25, -0.2) is 0 Å². The lowest BCUT2D eigenvalue weighted by Crippen LogP contribution is -2.67. The average Bonchev–Trinajstić information content (AvgIpc) is 3.12. The number of epoxide rings is 1. The van der Waals surface area contributed by atoms with E-state index in [1.54, 1.807) is 12.5 Å². The SMILES string of the molecule is CC(=O)OC[C@@]12[C@H](O)C[C@@H](C)[C@]3(C[C@@H](c4ccoc4)OC3=O)[C@H]1CCC[C@]21CO1. The second-order valence-electron chi connectivity index (χ2n) is 9.40. The van der Waals surface area contributed by atoms with Crippen LogP contribution < -0.4 is 0 Å². The van der Waals surface area contributed by atoms with Crippen molar-refractivity contribution in [1.82, 2.24) is 0 Å². The minimum Gasteiger partial charge on any atom is -0.472 e. The lowest BCUT2D eigenvalue weighted by atomic mass is 9.42. The molecule has 0 amide bonds. The van der Waals surface area contributed by atoms with Gasteiger partial charge in [0.15, 0.2) is 0 Å². The molecular weight excluding hydrogens is 376 g/mol. The Bertz CT molecular complexity index is 813. The number of rotatable bonds is 3. The second kappa shape index (κ2) is 6.32. The number of cyclic esters (lactones) is 1. The zero-order valence-electron chi connectivity index (χ0n) is 16.9. The molecular formula is C22H28O7. The number of aliphatic hydroxyl groups excluding tert-OH is 1. The fraction of sp³-hybridized carbons (Fsp3) is 0.727. The highest BCUT2D eigenvalue weighted by Crippen LogP contribution is 2.70. The van der Waals surface area contributed by atoms with Crippen LogP contribution in [0.15, 0.2) is 23.0 Å². The number of esters is 2. The minimum atomic E-state index is -0.784. The molecule has 1 aromatic rings. The molecule has 2 saturated heterocycles. The first kappa shape index (κ1) is 19.1. The van der Waals surface area contributed by atoms with Gasteiger partial charge in [-0.3, -0.25) is 9.59 Å². The van der Waals surface area contributed by atoms with Gasteiger partial charge >= 0.3 is 11.9 Å². The molecule has 1 N–H and O–H groups in total. The van der Waals surface area contributed by atoms with Crippen LogP contribution in [0.25, 0.3) is 0 Å². The third-order valence-electron chi connectivity index (χ3n) is 8.29. The van der Waals surface area contributed by atoms with Crippen LogP contribution in [0.2, 0.25) is 0 Å². The van der Waals surface area contributed by atoms with Gasteiger partial charge in [0.25, 0.3) is 0 Å². The average molecular weight is 404 g/mol. The highest BCUT2D eigenvalue weighted by molar-refractivity contribution is 5.81.